The molecular formula is C11H15N3O4. The van der Waals surface area contributed by atoms with Crippen LogP contribution < -0.4 is 10.5 Å². The summed E-state index contributed by atoms with van der Waals surface area (Å²) in [4.78, 5) is 30.8. The van der Waals surface area contributed by atoms with E-state index in [1.807, 2.05) is 6.92 Å². The molecule has 7 nitrogen and oxygen atoms in total. The van der Waals surface area contributed by atoms with Gasteiger partial charge in [-0.1, -0.05) is 6.92 Å². The maximum absolute atomic E-state index is 11.5. The zero-order valence-electron chi connectivity index (χ0n) is 9.96. The van der Waals surface area contributed by atoms with Gasteiger partial charge in [0.2, 0.25) is 0 Å². The maximum atomic E-state index is 11.5. The summed E-state index contributed by atoms with van der Waals surface area (Å²) in [5.74, 6) is -0.214. The molecule has 1 fully saturated rings. The first-order valence-electron chi connectivity index (χ1n) is 5.79. The Morgan fingerprint density at radius 3 is 3.00 bits per heavy atom. The second-order valence-corrected chi connectivity index (χ2v) is 4.30. The van der Waals surface area contributed by atoms with Crippen molar-refractivity contribution in [1.29, 1.82) is 0 Å². The number of anilines is 1. The van der Waals surface area contributed by atoms with E-state index in [4.69, 9.17) is 5.11 Å². The molecule has 0 aliphatic carbocycles. The van der Waals surface area contributed by atoms with Crippen molar-refractivity contribution in [2.24, 2.45) is 0 Å². The molecule has 0 radical (unpaired) electrons. The SMILES string of the molecule is CCc1nc(N2CC(O)CC2C(=O)O)cc(=O)[nH]1. The maximum Gasteiger partial charge on any atom is 0.326 e. The van der Waals surface area contributed by atoms with Crippen molar-refractivity contribution in [3.05, 3.63) is 22.2 Å². The van der Waals surface area contributed by atoms with Gasteiger partial charge in [0, 0.05) is 25.5 Å². The first-order valence-corrected chi connectivity index (χ1v) is 5.79. The van der Waals surface area contributed by atoms with Gasteiger partial charge in [0.05, 0.1) is 6.10 Å². The molecule has 3 N–H and O–H groups in total. The van der Waals surface area contributed by atoms with Gasteiger partial charge in [-0.05, 0) is 0 Å². The second kappa shape index (κ2) is 4.77. The molecule has 2 unspecified atom stereocenters. The Morgan fingerprint density at radius 2 is 2.39 bits per heavy atom. The summed E-state index contributed by atoms with van der Waals surface area (Å²) < 4.78 is 0. The summed E-state index contributed by atoms with van der Waals surface area (Å²) in [5.41, 5.74) is -0.317. The number of carbonyl (C=O) groups is 1. The minimum atomic E-state index is -1.02. The zero-order valence-corrected chi connectivity index (χ0v) is 9.96. The number of H-pyrrole nitrogens is 1. The fourth-order valence-corrected chi connectivity index (χ4v) is 2.11. The topological polar surface area (TPSA) is 107 Å². The number of aliphatic carboxylic acids is 1. The van der Waals surface area contributed by atoms with E-state index in [-0.39, 0.29) is 18.5 Å². The van der Waals surface area contributed by atoms with Gasteiger partial charge in [0.1, 0.15) is 17.7 Å². The van der Waals surface area contributed by atoms with Crippen molar-refractivity contribution in [3.63, 3.8) is 0 Å². The minimum absolute atomic E-state index is 0.144. The number of carboxylic acid groups (broad SMARTS) is 1. The minimum Gasteiger partial charge on any atom is -0.480 e. The number of carboxylic acids is 1. The Labute approximate surface area is 103 Å². The van der Waals surface area contributed by atoms with Gasteiger partial charge in [-0.2, -0.15) is 0 Å². The first kappa shape index (κ1) is 12.6. The number of rotatable bonds is 3. The number of aromatic nitrogens is 2. The molecule has 1 saturated heterocycles. The molecule has 0 amide bonds. The Hall–Kier alpha value is -1.89. The van der Waals surface area contributed by atoms with Crippen molar-refractivity contribution in [2.75, 3.05) is 11.4 Å². The van der Waals surface area contributed by atoms with Gasteiger partial charge < -0.3 is 20.1 Å². The van der Waals surface area contributed by atoms with Crippen LogP contribution >= 0.6 is 0 Å². The lowest BCUT2D eigenvalue weighted by molar-refractivity contribution is -0.138. The van der Waals surface area contributed by atoms with Gasteiger partial charge in [-0.15, -0.1) is 0 Å². The highest BCUT2D eigenvalue weighted by molar-refractivity contribution is 5.78. The Morgan fingerprint density at radius 1 is 1.67 bits per heavy atom. The first-order chi connectivity index (χ1) is 8.51. The van der Waals surface area contributed by atoms with E-state index in [2.05, 4.69) is 9.97 Å². The third kappa shape index (κ3) is 2.35. The molecule has 2 heterocycles. The molecule has 98 valence electrons. The molecular weight excluding hydrogens is 238 g/mol. The number of aromatic amines is 1. The number of β-amino-alcohol motifs (C(OH)–C–C–N with tert-alkyl or cyclic N) is 1. The molecule has 1 aliphatic heterocycles. The van der Waals surface area contributed by atoms with Gasteiger partial charge in [-0.3, -0.25) is 4.79 Å². The van der Waals surface area contributed by atoms with Crippen LogP contribution in [0.25, 0.3) is 0 Å². The molecule has 1 aromatic heterocycles. The average Bonchev–Trinajstić information content (AvgIpc) is 2.70. The van der Waals surface area contributed by atoms with E-state index in [0.29, 0.717) is 18.1 Å². The highest BCUT2D eigenvalue weighted by Gasteiger charge is 2.37. The lowest BCUT2D eigenvalue weighted by Crippen LogP contribution is -2.37. The number of hydrogen-bond donors (Lipinski definition) is 3. The summed E-state index contributed by atoms with van der Waals surface area (Å²) in [6.07, 6.45) is -0.0140. The number of hydrogen-bond acceptors (Lipinski definition) is 5. The number of aryl methyl sites for hydroxylation is 1. The van der Waals surface area contributed by atoms with Crippen LogP contribution in [-0.4, -0.2) is 44.8 Å². The van der Waals surface area contributed by atoms with Gasteiger partial charge >= 0.3 is 5.97 Å². The second-order valence-electron chi connectivity index (χ2n) is 4.30. The lowest BCUT2D eigenvalue weighted by Gasteiger charge is -2.22. The number of nitrogens with zero attached hydrogens (tertiary/aromatic N) is 2. The predicted molar refractivity (Wildman–Crippen MR) is 63.6 cm³/mol. The molecule has 0 bridgehead atoms. The molecule has 7 heteroatoms. The van der Waals surface area contributed by atoms with Crippen molar-refractivity contribution >= 4 is 11.8 Å². The largest absolute Gasteiger partial charge is 0.480 e. The van der Waals surface area contributed by atoms with Crippen LogP contribution in [0.4, 0.5) is 5.82 Å². The Balaban J connectivity index is 2.38. The zero-order chi connectivity index (χ0) is 13.3. The van der Waals surface area contributed by atoms with Crippen LogP contribution in [-0.2, 0) is 11.2 Å². The van der Waals surface area contributed by atoms with Crippen LogP contribution in [0.1, 0.15) is 19.2 Å². The normalized spacial score (nSPS) is 23.3. The van der Waals surface area contributed by atoms with E-state index in [0.717, 1.165) is 0 Å². The number of nitrogens with one attached hydrogen (secondary N) is 1. The van der Waals surface area contributed by atoms with Crippen molar-refractivity contribution in [2.45, 2.75) is 31.9 Å². The molecule has 2 rings (SSSR count). The molecule has 0 aromatic carbocycles. The van der Waals surface area contributed by atoms with Gasteiger partial charge in [0.25, 0.3) is 5.56 Å². The standard InChI is InChI=1S/C11H15N3O4/c1-2-8-12-9(4-10(16)13-8)14-5-6(15)3-7(14)11(17)18/h4,6-7,15H,2-3,5H2,1H3,(H,17,18)(H,12,13,16). The molecule has 1 aliphatic rings. The summed E-state index contributed by atoms with van der Waals surface area (Å²) in [6, 6.07) is 0.423. The molecule has 18 heavy (non-hydrogen) atoms. The molecule has 1 aromatic rings. The van der Waals surface area contributed by atoms with E-state index < -0.39 is 18.1 Å². The smallest absolute Gasteiger partial charge is 0.326 e. The van der Waals surface area contributed by atoms with E-state index in [9.17, 15) is 14.7 Å². The third-order valence-corrected chi connectivity index (χ3v) is 2.97. The van der Waals surface area contributed by atoms with Crippen molar-refractivity contribution < 1.29 is 15.0 Å². The highest BCUT2D eigenvalue weighted by Crippen LogP contribution is 2.23. The van der Waals surface area contributed by atoms with Crippen molar-refractivity contribution in [3.8, 4) is 0 Å². The monoisotopic (exact) mass is 253 g/mol. The van der Waals surface area contributed by atoms with Crippen LogP contribution in [0.15, 0.2) is 10.9 Å². The Bertz CT molecular complexity index is 513. The highest BCUT2D eigenvalue weighted by atomic mass is 16.4. The molecule has 2 atom stereocenters. The number of aliphatic hydroxyl groups excluding tert-OH is 1. The Kier molecular flexibility index (Phi) is 3.33. The fraction of sp³-hybridized carbons (Fsp3) is 0.545. The van der Waals surface area contributed by atoms with Gasteiger partial charge in [-0.25, -0.2) is 9.78 Å². The average molecular weight is 253 g/mol. The van der Waals surface area contributed by atoms with Crippen molar-refractivity contribution in [1.82, 2.24) is 9.97 Å². The summed E-state index contributed by atoms with van der Waals surface area (Å²) >= 11 is 0. The molecule has 0 saturated carbocycles. The summed E-state index contributed by atoms with van der Waals surface area (Å²) in [5, 5.41) is 18.6. The van der Waals surface area contributed by atoms with Crippen LogP contribution in [0.5, 0.6) is 0 Å². The third-order valence-electron chi connectivity index (χ3n) is 2.97. The number of aliphatic hydroxyl groups is 1. The predicted octanol–water partition coefficient (Wildman–Crippen LogP) is -0.644. The quantitative estimate of drug-likeness (QED) is 0.661. The molecule has 0 spiro atoms. The fourth-order valence-electron chi connectivity index (χ4n) is 2.11. The van der Waals surface area contributed by atoms with Gasteiger partial charge in [0.15, 0.2) is 0 Å². The summed E-state index contributed by atoms with van der Waals surface area (Å²) in [6.45, 7) is 2.02. The van der Waals surface area contributed by atoms with E-state index >= 15 is 0 Å². The van der Waals surface area contributed by atoms with Crippen LogP contribution in [0.3, 0.4) is 0 Å². The van der Waals surface area contributed by atoms with Crippen LogP contribution in [0, 0.1) is 0 Å². The summed E-state index contributed by atoms with van der Waals surface area (Å²) in [7, 11) is 0. The van der Waals surface area contributed by atoms with E-state index in [1.54, 1.807) is 0 Å². The van der Waals surface area contributed by atoms with E-state index in [1.165, 1.54) is 11.0 Å². The van der Waals surface area contributed by atoms with Crippen LogP contribution in [0.2, 0.25) is 0 Å². The lowest BCUT2D eigenvalue weighted by atomic mass is 10.2.